The zero-order valence-corrected chi connectivity index (χ0v) is 12.1. The molecule has 3 rings (SSSR count). The van der Waals surface area contributed by atoms with Crippen molar-refractivity contribution in [3.63, 3.8) is 0 Å². The fourth-order valence-corrected chi connectivity index (χ4v) is 3.14. The van der Waals surface area contributed by atoms with E-state index in [1.807, 2.05) is 12.1 Å². The molecule has 0 fully saturated rings. The van der Waals surface area contributed by atoms with Gasteiger partial charge in [0.25, 0.3) is 0 Å². The van der Waals surface area contributed by atoms with Gasteiger partial charge in [0.2, 0.25) is 0 Å². The lowest BCUT2D eigenvalue weighted by atomic mass is 9.89. The van der Waals surface area contributed by atoms with Crippen LogP contribution in [0, 0.1) is 13.8 Å². The van der Waals surface area contributed by atoms with Crippen LogP contribution in [0.15, 0.2) is 42.5 Å². The van der Waals surface area contributed by atoms with Crippen molar-refractivity contribution >= 4 is 0 Å². The average Bonchev–Trinajstić information content (AvgIpc) is 2.81. The summed E-state index contributed by atoms with van der Waals surface area (Å²) in [7, 11) is 0. The maximum Gasteiger partial charge on any atom is 0.122 e. The number of benzene rings is 2. The maximum atomic E-state index is 6.45. The molecule has 0 bridgehead atoms. The van der Waals surface area contributed by atoms with E-state index in [-0.39, 0.29) is 6.04 Å². The summed E-state index contributed by atoms with van der Waals surface area (Å²) >= 11 is 0. The van der Waals surface area contributed by atoms with E-state index in [4.69, 9.17) is 10.5 Å². The van der Waals surface area contributed by atoms with Gasteiger partial charge in [-0.05, 0) is 31.9 Å². The van der Waals surface area contributed by atoms with Crippen LogP contribution in [0.25, 0.3) is 0 Å². The number of fused-ring (bicyclic) bond motifs is 1. The molecule has 0 spiro atoms. The Bertz CT molecular complexity index is 600. The molecule has 2 N–H and O–H groups in total. The second kappa shape index (κ2) is 5.29. The van der Waals surface area contributed by atoms with Crippen LogP contribution in [0.1, 0.15) is 28.2 Å². The van der Waals surface area contributed by atoms with Crippen molar-refractivity contribution in [2.45, 2.75) is 32.2 Å². The minimum absolute atomic E-state index is 0.0971. The average molecular weight is 267 g/mol. The summed E-state index contributed by atoms with van der Waals surface area (Å²) in [5.74, 6) is 1.29. The standard InChI is InChI=1S/C18H21NO/c1-12-7-13(2)9-14(8-12)10-17(19)16-11-20-18-6-4-3-5-15(16)18/h3-9,16-17H,10-11,19H2,1-2H3. The Hall–Kier alpha value is -1.80. The molecule has 2 nitrogen and oxygen atoms in total. The molecule has 0 saturated carbocycles. The number of ether oxygens (including phenoxy) is 1. The Morgan fingerprint density at radius 3 is 2.60 bits per heavy atom. The third-order valence-corrected chi connectivity index (χ3v) is 4.01. The molecule has 0 aliphatic carbocycles. The van der Waals surface area contributed by atoms with Gasteiger partial charge in [0, 0.05) is 17.5 Å². The number of para-hydroxylation sites is 1. The van der Waals surface area contributed by atoms with Crippen molar-refractivity contribution in [1.29, 1.82) is 0 Å². The van der Waals surface area contributed by atoms with Crippen molar-refractivity contribution in [3.05, 3.63) is 64.7 Å². The van der Waals surface area contributed by atoms with E-state index in [0.717, 1.165) is 12.2 Å². The molecule has 0 aromatic heterocycles. The van der Waals surface area contributed by atoms with E-state index < -0.39 is 0 Å². The van der Waals surface area contributed by atoms with Gasteiger partial charge in [0.05, 0.1) is 6.61 Å². The van der Waals surface area contributed by atoms with E-state index in [2.05, 4.69) is 44.2 Å². The van der Waals surface area contributed by atoms with E-state index in [0.29, 0.717) is 12.5 Å². The number of nitrogens with two attached hydrogens (primary N) is 1. The Balaban J connectivity index is 1.79. The molecule has 2 heteroatoms. The molecule has 0 radical (unpaired) electrons. The number of hydrogen-bond acceptors (Lipinski definition) is 2. The van der Waals surface area contributed by atoms with Crippen LogP contribution in [0.2, 0.25) is 0 Å². The Morgan fingerprint density at radius 1 is 1.15 bits per heavy atom. The van der Waals surface area contributed by atoms with Gasteiger partial charge in [-0.15, -0.1) is 0 Å². The van der Waals surface area contributed by atoms with E-state index >= 15 is 0 Å². The molecule has 2 atom stereocenters. The molecule has 0 saturated heterocycles. The molecule has 1 aliphatic rings. The fraction of sp³-hybridized carbons (Fsp3) is 0.333. The van der Waals surface area contributed by atoms with Gasteiger partial charge in [-0.2, -0.15) is 0 Å². The first kappa shape index (κ1) is 13.2. The van der Waals surface area contributed by atoms with Gasteiger partial charge in [-0.25, -0.2) is 0 Å². The van der Waals surface area contributed by atoms with Crippen molar-refractivity contribution in [3.8, 4) is 5.75 Å². The quantitative estimate of drug-likeness (QED) is 0.925. The van der Waals surface area contributed by atoms with Crippen LogP contribution >= 0.6 is 0 Å². The Labute approximate surface area is 120 Å². The van der Waals surface area contributed by atoms with Crippen LogP contribution in [-0.2, 0) is 6.42 Å². The largest absolute Gasteiger partial charge is 0.493 e. The molecule has 2 aromatic carbocycles. The molecule has 0 amide bonds. The van der Waals surface area contributed by atoms with Crippen molar-refractivity contribution in [2.75, 3.05) is 6.61 Å². The van der Waals surface area contributed by atoms with Crippen LogP contribution in [0.4, 0.5) is 0 Å². The minimum Gasteiger partial charge on any atom is -0.493 e. The third-order valence-electron chi connectivity index (χ3n) is 4.01. The maximum absolute atomic E-state index is 6.45. The molecule has 1 aliphatic heterocycles. The second-order valence-corrected chi connectivity index (χ2v) is 5.82. The van der Waals surface area contributed by atoms with Gasteiger partial charge >= 0.3 is 0 Å². The summed E-state index contributed by atoms with van der Waals surface area (Å²) in [5.41, 5.74) is 11.6. The van der Waals surface area contributed by atoms with Crippen molar-refractivity contribution in [2.24, 2.45) is 5.73 Å². The SMILES string of the molecule is Cc1cc(C)cc(CC(N)C2COc3ccccc32)c1. The predicted octanol–water partition coefficient (Wildman–Crippen LogP) is 3.35. The Kier molecular flexibility index (Phi) is 3.49. The van der Waals surface area contributed by atoms with Crippen LogP contribution in [-0.4, -0.2) is 12.6 Å². The molecular formula is C18H21NO. The molecular weight excluding hydrogens is 246 g/mol. The summed E-state index contributed by atoms with van der Waals surface area (Å²) in [6.07, 6.45) is 0.894. The third kappa shape index (κ3) is 2.56. The summed E-state index contributed by atoms with van der Waals surface area (Å²) in [4.78, 5) is 0. The zero-order valence-electron chi connectivity index (χ0n) is 12.1. The van der Waals surface area contributed by atoms with E-state index in [1.165, 1.54) is 22.3 Å². The van der Waals surface area contributed by atoms with Crippen LogP contribution in [0.3, 0.4) is 0 Å². The molecule has 2 unspecified atom stereocenters. The lowest BCUT2D eigenvalue weighted by molar-refractivity contribution is 0.313. The summed E-state index contributed by atoms with van der Waals surface area (Å²) < 4.78 is 5.74. The lowest BCUT2D eigenvalue weighted by Crippen LogP contribution is -2.31. The molecule has 20 heavy (non-hydrogen) atoms. The van der Waals surface area contributed by atoms with Gasteiger partial charge in [-0.3, -0.25) is 0 Å². The second-order valence-electron chi connectivity index (χ2n) is 5.82. The van der Waals surface area contributed by atoms with Gasteiger partial charge in [-0.1, -0.05) is 47.5 Å². The topological polar surface area (TPSA) is 35.2 Å². The normalized spacial score (nSPS) is 18.4. The minimum atomic E-state index is 0.0971. The lowest BCUT2D eigenvalue weighted by Gasteiger charge is -2.19. The van der Waals surface area contributed by atoms with E-state index in [9.17, 15) is 0 Å². The highest BCUT2D eigenvalue weighted by atomic mass is 16.5. The molecule has 1 heterocycles. The first-order valence-electron chi connectivity index (χ1n) is 7.18. The van der Waals surface area contributed by atoms with Gasteiger partial charge in [0.1, 0.15) is 5.75 Å². The first-order valence-corrected chi connectivity index (χ1v) is 7.18. The van der Waals surface area contributed by atoms with Gasteiger partial charge in [0.15, 0.2) is 0 Å². The number of aryl methyl sites for hydroxylation is 2. The fourth-order valence-electron chi connectivity index (χ4n) is 3.14. The summed E-state index contributed by atoms with van der Waals surface area (Å²) in [6, 6.07) is 15.0. The first-order chi connectivity index (χ1) is 9.63. The molecule has 104 valence electrons. The Morgan fingerprint density at radius 2 is 1.85 bits per heavy atom. The van der Waals surface area contributed by atoms with Crippen molar-refractivity contribution < 1.29 is 4.74 Å². The monoisotopic (exact) mass is 267 g/mol. The predicted molar refractivity (Wildman–Crippen MR) is 82.3 cm³/mol. The highest BCUT2D eigenvalue weighted by Crippen LogP contribution is 2.35. The number of hydrogen-bond donors (Lipinski definition) is 1. The highest BCUT2D eigenvalue weighted by Gasteiger charge is 2.29. The van der Waals surface area contributed by atoms with Crippen LogP contribution in [0.5, 0.6) is 5.75 Å². The molecule has 2 aromatic rings. The summed E-state index contributed by atoms with van der Waals surface area (Å²) in [5, 5.41) is 0. The summed E-state index contributed by atoms with van der Waals surface area (Å²) in [6.45, 7) is 4.97. The number of rotatable bonds is 3. The van der Waals surface area contributed by atoms with Crippen LogP contribution < -0.4 is 10.5 Å². The highest BCUT2D eigenvalue weighted by molar-refractivity contribution is 5.41. The zero-order chi connectivity index (χ0) is 14.1. The smallest absolute Gasteiger partial charge is 0.122 e. The van der Waals surface area contributed by atoms with Crippen molar-refractivity contribution in [1.82, 2.24) is 0 Å². The van der Waals surface area contributed by atoms with E-state index in [1.54, 1.807) is 0 Å². The van der Waals surface area contributed by atoms with Gasteiger partial charge < -0.3 is 10.5 Å².